The molecular weight excluding hydrogens is 256 g/mol. The molecule has 0 radical (unpaired) electrons. The molecule has 0 bridgehead atoms. The van der Waals surface area contributed by atoms with Crippen LogP contribution in [0.4, 0.5) is 0 Å². The second-order valence-corrected chi connectivity index (χ2v) is 7.40. The van der Waals surface area contributed by atoms with Crippen LogP contribution in [0.1, 0.15) is 50.7 Å². The van der Waals surface area contributed by atoms with Crippen molar-refractivity contribution >= 4 is 0 Å². The van der Waals surface area contributed by atoms with E-state index in [9.17, 15) is 0 Å². The lowest BCUT2D eigenvalue weighted by atomic mass is 9.85. The molecule has 1 aliphatic carbocycles. The number of benzene rings is 1. The van der Waals surface area contributed by atoms with Crippen LogP contribution >= 0.6 is 0 Å². The normalized spacial score (nSPS) is 17.8. The van der Waals surface area contributed by atoms with Crippen LogP contribution in [0.2, 0.25) is 0 Å². The summed E-state index contributed by atoms with van der Waals surface area (Å²) in [7, 11) is 2.27. The SMILES string of the molecule is Cc1ccc(CN(C)CC2(CNC(C)C)CCCC2)cc1. The molecule has 1 fully saturated rings. The van der Waals surface area contributed by atoms with E-state index in [1.165, 1.54) is 49.9 Å². The van der Waals surface area contributed by atoms with E-state index in [0.29, 0.717) is 11.5 Å². The molecule has 1 aromatic carbocycles. The maximum absolute atomic E-state index is 3.68. The highest BCUT2D eigenvalue weighted by Crippen LogP contribution is 2.38. The van der Waals surface area contributed by atoms with Gasteiger partial charge in [-0.1, -0.05) is 56.5 Å². The van der Waals surface area contributed by atoms with E-state index in [1.54, 1.807) is 0 Å². The van der Waals surface area contributed by atoms with Gasteiger partial charge < -0.3 is 10.2 Å². The summed E-state index contributed by atoms with van der Waals surface area (Å²) in [6.07, 6.45) is 5.56. The van der Waals surface area contributed by atoms with Crippen molar-refractivity contribution in [3.8, 4) is 0 Å². The first kappa shape index (κ1) is 16.5. The molecule has 1 saturated carbocycles. The van der Waals surface area contributed by atoms with Crippen LogP contribution in [0.5, 0.6) is 0 Å². The quantitative estimate of drug-likeness (QED) is 0.816. The molecule has 2 heteroatoms. The van der Waals surface area contributed by atoms with Crippen LogP contribution in [-0.4, -0.2) is 31.1 Å². The van der Waals surface area contributed by atoms with Gasteiger partial charge in [0.1, 0.15) is 0 Å². The van der Waals surface area contributed by atoms with Crippen molar-refractivity contribution in [1.29, 1.82) is 0 Å². The summed E-state index contributed by atoms with van der Waals surface area (Å²) in [5, 5.41) is 3.68. The number of aryl methyl sites for hydroxylation is 1. The Labute approximate surface area is 130 Å². The monoisotopic (exact) mass is 288 g/mol. The molecule has 0 unspecified atom stereocenters. The van der Waals surface area contributed by atoms with Crippen molar-refractivity contribution in [2.75, 3.05) is 20.1 Å². The Morgan fingerprint density at radius 1 is 1.14 bits per heavy atom. The van der Waals surface area contributed by atoms with Gasteiger partial charge in [-0.15, -0.1) is 0 Å². The lowest BCUT2D eigenvalue weighted by Crippen LogP contribution is -2.43. The van der Waals surface area contributed by atoms with E-state index in [4.69, 9.17) is 0 Å². The maximum atomic E-state index is 3.68. The Kier molecular flexibility index (Phi) is 5.83. The van der Waals surface area contributed by atoms with Gasteiger partial charge in [-0.2, -0.15) is 0 Å². The van der Waals surface area contributed by atoms with Crippen LogP contribution in [0.15, 0.2) is 24.3 Å². The Hall–Kier alpha value is -0.860. The van der Waals surface area contributed by atoms with Gasteiger partial charge in [0.2, 0.25) is 0 Å². The molecule has 0 heterocycles. The minimum atomic E-state index is 0.490. The zero-order chi connectivity index (χ0) is 15.3. The third kappa shape index (κ3) is 5.12. The summed E-state index contributed by atoms with van der Waals surface area (Å²) < 4.78 is 0. The fourth-order valence-corrected chi connectivity index (χ4v) is 3.57. The Bertz CT molecular complexity index is 416. The molecule has 0 amide bonds. The Morgan fingerprint density at radius 2 is 1.76 bits per heavy atom. The smallest absolute Gasteiger partial charge is 0.0230 e. The van der Waals surface area contributed by atoms with Crippen molar-refractivity contribution in [2.45, 2.75) is 59.0 Å². The average Bonchev–Trinajstić information content (AvgIpc) is 2.88. The predicted molar refractivity (Wildman–Crippen MR) is 91.6 cm³/mol. The number of hydrogen-bond donors (Lipinski definition) is 1. The second kappa shape index (κ2) is 7.42. The highest BCUT2D eigenvalue weighted by molar-refractivity contribution is 5.21. The van der Waals surface area contributed by atoms with E-state index >= 15 is 0 Å². The third-order valence-electron chi connectivity index (χ3n) is 4.73. The van der Waals surface area contributed by atoms with E-state index in [-0.39, 0.29) is 0 Å². The molecule has 0 aromatic heterocycles. The summed E-state index contributed by atoms with van der Waals surface area (Å²) in [6.45, 7) is 10.1. The van der Waals surface area contributed by atoms with Crippen LogP contribution in [0, 0.1) is 12.3 Å². The first-order valence-corrected chi connectivity index (χ1v) is 8.47. The molecule has 118 valence electrons. The number of nitrogens with one attached hydrogen (secondary N) is 1. The molecule has 2 nitrogen and oxygen atoms in total. The zero-order valence-electron chi connectivity index (χ0n) is 14.3. The fourth-order valence-electron chi connectivity index (χ4n) is 3.57. The topological polar surface area (TPSA) is 15.3 Å². The molecule has 0 spiro atoms. The number of rotatable bonds is 7. The standard InChI is InChI=1S/C19H32N2/c1-16(2)20-14-19(11-5-6-12-19)15-21(4)13-18-9-7-17(3)8-10-18/h7-10,16,20H,5-6,11-15H2,1-4H3. The van der Waals surface area contributed by atoms with Crippen molar-refractivity contribution in [2.24, 2.45) is 5.41 Å². The van der Waals surface area contributed by atoms with Gasteiger partial charge in [0.15, 0.2) is 0 Å². The van der Waals surface area contributed by atoms with Gasteiger partial charge in [-0.25, -0.2) is 0 Å². The van der Waals surface area contributed by atoms with Gasteiger partial charge in [0.05, 0.1) is 0 Å². The van der Waals surface area contributed by atoms with E-state index < -0.39 is 0 Å². The van der Waals surface area contributed by atoms with E-state index in [1.807, 2.05) is 0 Å². The summed E-state index contributed by atoms with van der Waals surface area (Å²) in [5.41, 5.74) is 3.26. The van der Waals surface area contributed by atoms with E-state index in [2.05, 4.69) is 62.3 Å². The van der Waals surface area contributed by atoms with Gasteiger partial charge >= 0.3 is 0 Å². The number of hydrogen-bond acceptors (Lipinski definition) is 2. The van der Waals surface area contributed by atoms with Crippen LogP contribution in [0.3, 0.4) is 0 Å². The van der Waals surface area contributed by atoms with Crippen molar-refractivity contribution in [1.82, 2.24) is 10.2 Å². The number of nitrogens with zero attached hydrogens (tertiary/aromatic N) is 1. The van der Waals surface area contributed by atoms with Crippen molar-refractivity contribution in [3.05, 3.63) is 35.4 Å². The van der Waals surface area contributed by atoms with Crippen molar-refractivity contribution < 1.29 is 0 Å². The average molecular weight is 288 g/mol. The summed E-state index contributed by atoms with van der Waals surface area (Å²) in [4.78, 5) is 2.51. The summed E-state index contributed by atoms with van der Waals surface area (Å²) >= 11 is 0. The minimum Gasteiger partial charge on any atom is -0.314 e. The molecule has 1 aliphatic rings. The predicted octanol–water partition coefficient (Wildman–Crippen LogP) is 3.99. The molecule has 0 atom stereocenters. The summed E-state index contributed by atoms with van der Waals surface area (Å²) in [6, 6.07) is 9.55. The van der Waals surface area contributed by atoms with Gasteiger partial charge in [-0.05, 0) is 37.8 Å². The maximum Gasteiger partial charge on any atom is 0.0230 e. The zero-order valence-corrected chi connectivity index (χ0v) is 14.3. The molecule has 1 aromatic rings. The molecular formula is C19H32N2. The van der Waals surface area contributed by atoms with E-state index in [0.717, 1.165) is 6.54 Å². The first-order chi connectivity index (χ1) is 9.99. The third-order valence-corrected chi connectivity index (χ3v) is 4.73. The molecule has 1 N–H and O–H groups in total. The lowest BCUT2D eigenvalue weighted by Gasteiger charge is -2.34. The fraction of sp³-hybridized carbons (Fsp3) is 0.684. The van der Waals surface area contributed by atoms with Gasteiger partial charge in [-0.3, -0.25) is 0 Å². The minimum absolute atomic E-state index is 0.490. The molecule has 21 heavy (non-hydrogen) atoms. The second-order valence-electron chi connectivity index (χ2n) is 7.40. The highest BCUT2D eigenvalue weighted by atomic mass is 15.1. The van der Waals surface area contributed by atoms with Crippen LogP contribution < -0.4 is 5.32 Å². The largest absolute Gasteiger partial charge is 0.314 e. The Balaban J connectivity index is 1.91. The van der Waals surface area contributed by atoms with Gasteiger partial charge in [0.25, 0.3) is 0 Å². The molecule has 0 aliphatic heterocycles. The molecule has 0 saturated heterocycles. The first-order valence-electron chi connectivity index (χ1n) is 8.47. The van der Waals surface area contributed by atoms with Crippen molar-refractivity contribution in [3.63, 3.8) is 0 Å². The Morgan fingerprint density at radius 3 is 2.33 bits per heavy atom. The molecule has 2 rings (SSSR count). The van der Waals surface area contributed by atoms with Gasteiger partial charge in [0, 0.05) is 25.7 Å². The highest BCUT2D eigenvalue weighted by Gasteiger charge is 2.34. The van der Waals surface area contributed by atoms with Crippen LogP contribution in [-0.2, 0) is 6.54 Å². The lowest BCUT2D eigenvalue weighted by molar-refractivity contribution is 0.164. The van der Waals surface area contributed by atoms with Crippen LogP contribution in [0.25, 0.3) is 0 Å². The summed E-state index contributed by atoms with van der Waals surface area (Å²) in [5.74, 6) is 0.